The summed E-state index contributed by atoms with van der Waals surface area (Å²) in [5, 5.41) is 4.30. The molecule has 2 unspecified atom stereocenters. The van der Waals surface area contributed by atoms with E-state index in [1.807, 2.05) is 29.9 Å². The fourth-order valence-corrected chi connectivity index (χ4v) is 2.14. The first kappa shape index (κ1) is 12.4. The van der Waals surface area contributed by atoms with Gasteiger partial charge in [-0.05, 0) is 41.4 Å². The molecule has 0 aliphatic rings. The third kappa shape index (κ3) is 2.61. The highest BCUT2D eigenvalue weighted by Crippen LogP contribution is 2.25. The zero-order valence-electron chi connectivity index (χ0n) is 9.93. The first-order valence-electron chi connectivity index (χ1n) is 5.63. The smallest absolute Gasteiger partial charge is 0.130 e. The lowest BCUT2D eigenvalue weighted by atomic mass is 10.0. The average Bonchev–Trinajstić information content (AvgIpc) is 2.89. The summed E-state index contributed by atoms with van der Waals surface area (Å²) in [6, 6.07) is 3.83. The molecule has 0 bridgehead atoms. The van der Waals surface area contributed by atoms with Gasteiger partial charge < -0.3 is 10.2 Å². The van der Waals surface area contributed by atoms with Crippen LogP contribution in [0.2, 0.25) is 0 Å². The Kier molecular flexibility index (Phi) is 3.69. The largest absolute Gasteiger partial charge is 0.464 e. The van der Waals surface area contributed by atoms with Crippen LogP contribution in [0.5, 0.6) is 0 Å². The molecule has 0 fully saturated rings. The maximum atomic E-state index is 6.16. The van der Waals surface area contributed by atoms with Gasteiger partial charge in [0.1, 0.15) is 17.6 Å². The van der Waals surface area contributed by atoms with E-state index >= 15 is 0 Å². The highest BCUT2D eigenvalue weighted by Gasteiger charge is 2.24. The summed E-state index contributed by atoms with van der Waals surface area (Å²) in [5.41, 5.74) is 6.16. The molecule has 0 saturated heterocycles. The predicted octanol–water partition coefficient (Wildman–Crippen LogP) is 2.87. The number of halogens is 1. The van der Waals surface area contributed by atoms with Crippen LogP contribution in [0.15, 0.2) is 33.4 Å². The molecule has 0 spiro atoms. The average molecular weight is 298 g/mol. The molecule has 5 heteroatoms. The maximum absolute atomic E-state index is 6.16. The highest BCUT2D eigenvalue weighted by atomic mass is 79.9. The molecule has 92 valence electrons. The first-order valence-corrected chi connectivity index (χ1v) is 6.42. The van der Waals surface area contributed by atoms with E-state index in [9.17, 15) is 0 Å². The van der Waals surface area contributed by atoms with Gasteiger partial charge in [0.15, 0.2) is 0 Å². The standard InChI is InChI=1S/C12H16BrN3O/c1-3-10(14)12(11-5-4-8(2)17-11)16-7-9(13)6-15-16/h4-7,10,12H,3,14H2,1-2H3. The Morgan fingerprint density at radius 3 is 2.76 bits per heavy atom. The molecular formula is C12H16BrN3O. The van der Waals surface area contributed by atoms with Gasteiger partial charge in [0, 0.05) is 12.2 Å². The van der Waals surface area contributed by atoms with Crippen LogP contribution in [0.4, 0.5) is 0 Å². The normalized spacial score (nSPS) is 14.8. The summed E-state index contributed by atoms with van der Waals surface area (Å²) in [6.07, 6.45) is 4.53. The molecule has 0 aliphatic heterocycles. The van der Waals surface area contributed by atoms with Crippen LogP contribution in [-0.4, -0.2) is 15.8 Å². The molecular weight excluding hydrogens is 282 g/mol. The van der Waals surface area contributed by atoms with E-state index in [4.69, 9.17) is 10.2 Å². The van der Waals surface area contributed by atoms with Crippen LogP contribution in [0.3, 0.4) is 0 Å². The van der Waals surface area contributed by atoms with Crippen molar-refractivity contribution < 1.29 is 4.42 Å². The monoisotopic (exact) mass is 297 g/mol. The first-order chi connectivity index (χ1) is 8.11. The van der Waals surface area contributed by atoms with Crippen LogP contribution < -0.4 is 5.73 Å². The summed E-state index contributed by atoms with van der Waals surface area (Å²) < 4.78 is 8.46. The number of nitrogens with two attached hydrogens (primary N) is 1. The van der Waals surface area contributed by atoms with Crippen molar-refractivity contribution in [3.8, 4) is 0 Å². The van der Waals surface area contributed by atoms with E-state index < -0.39 is 0 Å². The SMILES string of the molecule is CCC(N)C(c1ccc(C)o1)n1cc(Br)cn1. The second kappa shape index (κ2) is 5.06. The molecule has 0 radical (unpaired) electrons. The maximum Gasteiger partial charge on any atom is 0.130 e. The minimum atomic E-state index is -0.0556. The Hall–Kier alpha value is -1.07. The van der Waals surface area contributed by atoms with Crippen molar-refractivity contribution in [2.75, 3.05) is 0 Å². The number of rotatable bonds is 4. The van der Waals surface area contributed by atoms with Crippen molar-refractivity contribution in [2.45, 2.75) is 32.4 Å². The molecule has 17 heavy (non-hydrogen) atoms. The Balaban J connectivity index is 2.38. The summed E-state index contributed by atoms with van der Waals surface area (Å²) in [6.45, 7) is 3.99. The van der Waals surface area contributed by atoms with Gasteiger partial charge in [-0.2, -0.15) is 5.10 Å². The lowest BCUT2D eigenvalue weighted by Gasteiger charge is -2.21. The van der Waals surface area contributed by atoms with Crippen molar-refractivity contribution in [3.63, 3.8) is 0 Å². The van der Waals surface area contributed by atoms with Gasteiger partial charge in [-0.3, -0.25) is 4.68 Å². The van der Waals surface area contributed by atoms with E-state index in [1.54, 1.807) is 6.20 Å². The molecule has 0 amide bonds. The van der Waals surface area contributed by atoms with Gasteiger partial charge >= 0.3 is 0 Å². The lowest BCUT2D eigenvalue weighted by Crippen LogP contribution is -2.32. The predicted molar refractivity (Wildman–Crippen MR) is 69.8 cm³/mol. The molecule has 0 saturated carbocycles. The van der Waals surface area contributed by atoms with E-state index in [1.165, 1.54) is 0 Å². The van der Waals surface area contributed by atoms with Crippen molar-refractivity contribution in [1.29, 1.82) is 0 Å². The molecule has 0 aliphatic carbocycles. The minimum Gasteiger partial charge on any atom is -0.464 e. The van der Waals surface area contributed by atoms with Gasteiger partial charge in [-0.1, -0.05) is 6.92 Å². The van der Waals surface area contributed by atoms with Gasteiger partial charge in [-0.25, -0.2) is 0 Å². The lowest BCUT2D eigenvalue weighted by molar-refractivity contribution is 0.345. The van der Waals surface area contributed by atoms with E-state index in [0.29, 0.717) is 0 Å². The van der Waals surface area contributed by atoms with Crippen molar-refractivity contribution >= 4 is 15.9 Å². The van der Waals surface area contributed by atoms with Gasteiger partial charge in [0.05, 0.1) is 10.7 Å². The van der Waals surface area contributed by atoms with E-state index in [-0.39, 0.29) is 12.1 Å². The summed E-state index contributed by atoms with van der Waals surface area (Å²) in [5.74, 6) is 1.74. The molecule has 2 aromatic rings. The fraction of sp³-hybridized carbons (Fsp3) is 0.417. The van der Waals surface area contributed by atoms with E-state index in [0.717, 1.165) is 22.4 Å². The zero-order valence-corrected chi connectivity index (χ0v) is 11.5. The van der Waals surface area contributed by atoms with Crippen LogP contribution >= 0.6 is 15.9 Å². The van der Waals surface area contributed by atoms with Crippen LogP contribution in [-0.2, 0) is 0 Å². The van der Waals surface area contributed by atoms with Crippen LogP contribution in [0.1, 0.15) is 30.9 Å². The fourth-order valence-electron chi connectivity index (χ4n) is 1.84. The molecule has 2 aromatic heterocycles. The van der Waals surface area contributed by atoms with E-state index in [2.05, 4.69) is 28.0 Å². The number of hydrogen-bond acceptors (Lipinski definition) is 3. The van der Waals surface area contributed by atoms with Gasteiger partial charge in [-0.15, -0.1) is 0 Å². The topological polar surface area (TPSA) is 57.0 Å². The highest BCUT2D eigenvalue weighted by molar-refractivity contribution is 9.10. The number of aryl methyl sites for hydroxylation is 1. The van der Waals surface area contributed by atoms with Crippen LogP contribution in [0.25, 0.3) is 0 Å². The Morgan fingerprint density at radius 1 is 1.53 bits per heavy atom. The molecule has 0 aromatic carbocycles. The van der Waals surface area contributed by atoms with Gasteiger partial charge in [0.25, 0.3) is 0 Å². The Morgan fingerprint density at radius 2 is 2.29 bits per heavy atom. The van der Waals surface area contributed by atoms with Crippen molar-refractivity contribution in [3.05, 3.63) is 40.5 Å². The zero-order chi connectivity index (χ0) is 12.4. The number of hydrogen-bond donors (Lipinski definition) is 1. The number of aromatic nitrogens is 2. The molecule has 2 heterocycles. The van der Waals surface area contributed by atoms with Gasteiger partial charge in [0.2, 0.25) is 0 Å². The quantitative estimate of drug-likeness (QED) is 0.944. The second-order valence-electron chi connectivity index (χ2n) is 4.10. The van der Waals surface area contributed by atoms with Crippen molar-refractivity contribution in [2.24, 2.45) is 5.73 Å². The minimum absolute atomic E-state index is 0.0210. The third-order valence-corrected chi connectivity index (χ3v) is 3.19. The molecule has 2 atom stereocenters. The molecule has 4 nitrogen and oxygen atoms in total. The molecule has 2 N–H and O–H groups in total. The summed E-state index contributed by atoms with van der Waals surface area (Å²) in [7, 11) is 0. The van der Waals surface area contributed by atoms with Crippen molar-refractivity contribution in [1.82, 2.24) is 9.78 Å². The third-order valence-electron chi connectivity index (χ3n) is 2.78. The number of furan rings is 1. The van der Waals surface area contributed by atoms with Crippen LogP contribution in [0, 0.1) is 6.92 Å². The summed E-state index contributed by atoms with van der Waals surface area (Å²) in [4.78, 5) is 0. The molecule has 2 rings (SSSR count). The second-order valence-corrected chi connectivity index (χ2v) is 5.02. The summed E-state index contributed by atoms with van der Waals surface area (Å²) >= 11 is 3.39. The Labute approximate surface area is 109 Å². The Bertz CT molecular complexity index is 451. The number of nitrogens with zero attached hydrogens (tertiary/aromatic N) is 2.